The van der Waals surface area contributed by atoms with E-state index in [1.165, 1.54) is 6.07 Å². The minimum Gasteiger partial charge on any atom is -0.492 e. The van der Waals surface area contributed by atoms with E-state index in [9.17, 15) is 19.5 Å². The number of morpholine rings is 1. The van der Waals surface area contributed by atoms with E-state index in [0.717, 1.165) is 19.6 Å². The highest BCUT2D eigenvalue weighted by Crippen LogP contribution is 2.29. The van der Waals surface area contributed by atoms with Gasteiger partial charge in [0.25, 0.3) is 11.7 Å². The van der Waals surface area contributed by atoms with Crippen LogP contribution in [-0.2, 0) is 14.9 Å². The van der Waals surface area contributed by atoms with Crippen molar-refractivity contribution in [2.24, 2.45) is 0 Å². The summed E-state index contributed by atoms with van der Waals surface area (Å²) < 4.78 is 12.0. The van der Waals surface area contributed by atoms with Gasteiger partial charge in [0.05, 0.1) is 18.9 Å². The predicted octanol–water partition coefficient (Wildman–Crippen LogP) is 3.39. The summed E-state index contributed by atoms with van der Waals surface area (Å²) in [5.74, 6) is -1.21. The van der Waals surface area contributed by atoms with Crippen molar-refractivity contribution in [3.8, 4) is 5.75 Å². The van der Waals surface area contributed by atoms with Crippen LogP contribution >= 0.6 is 0 Å². The third-order valence-electron chi connectivity index (χ3n) is 6.00. The second-order valence-corrected chi connectivity index (χ2v) is 9.60. The molecular formula is C26H30N4O6. The van der Waals surface area contributed by atoms with Gasteiger partial charge in [-0.3, -0.25) is 14.5 Å². The number of rotatable bonds is 7. The molecule has 4 rings (SSSR count). The summed E-state index contributed by atoms with van der Waals surface area (Å²) in [6.45, 7) is 10.0. The molecule has 2 aromatic carbocycles. The first-order valence-electron chi connectivity index (χ1n) is 11.8. The second-order valence-electron chi connectivity index (χ2n) is 9.60. The number of carbonyl (C=O) groups is 3. The maximum absolute atomic E-state index is 13.1. The fourth-order valence-electron chi connectivity index (χ4n) is 3.98. The fourth-order valence-corrected chi connectivity index (χ4v) is 3.98. The molecule has 10 heteroatoms. The second kappa shape index (κ2) is 10.5. The number of ketones is 1. The van der Waals surface area contributed by atoms with Crippen molar-refractivity contribution < 1.29 is 29.0 Å². The lowest BCUT2D eigenvalue weighted by Crippen LogP contribution is -2.38. The topological polar surface area (TPSA) is 123 Å². The Hall–Kier alpha value is -3.76. The molecule has 0 aliphatic carbocycles. The Morgan fingerprint density at radius 1 is 1.08 bits per heavy atom. The van der Waals surface area contributed by atoms with Crippen LogP contribution in [0.3, 0.4) is 0 Å². The SMILES string of the molecule is CC(C)(C)c1cc(NC(=O)C(=O)c2ccc(OCCN3CCOCC3)c3ccccc23)n(C(=O)O)n1. The van der Waals surface area contributed by atoms with E-state index in [1.807, 2.05) is 32.9 Å². The van der Waals surface area contributed by atoms with Crippen LogP contribution in [0.4, 0.5) is 10.6 Å². The average molecular weight is 495 g/mol. The Bertz CT molecular complexity index is 1290. The van der Waals surface area contributed by atoms with Crippen LogP contribution in [0.25, 0.3) is 10.8 Å². The molecule has 190 valence electrons. The first-order chi connectivity index (χ1) is 17.1. The van der Waals surface area contributed by atoms with Crippen molar-refractivity contribution in [3.63, 3.8) is 0 Å². The van der Waals surface area contributed by atoms with Crippen molar-refractivity contribution in [2.45, 2.75) is 26.2 Å². The third kappa shape index (κ3) is 5.55. The number of fused-ring (bicyclic) bond motifs is 1. The number of Topliss-reactive ketones (excluding diaryl/α,β-unsaturated/α-hetero) is 1. The molecule has 36 heavy (non-hydrogen) atoms. The molecule has 0 unspecified atom stereocenters. The van der Waals surface area contributed by atoms with E-state index in [0.29, 0.717) is 46.7 Å². The zero-order valence-electron chi connectivity index (χ0n) is 20.6. The number of carboxylic acid groups (broad SMARTS) is 1. The van der Waals surface area contributed by atoms with Crippen LogP contribution < -0.4 is 10.1 Å². The molecule has 2 heterocycles. The molecular weight excluding hydrogens is 464 g/mol. The lowest BCUT2D eigenvalue weighted by atomic mass is 9.92. The number of benzene rings is 2. The quantitative estimate of drug-likeness (QED) is 0.379. The van der Waals surface area contributed by atoms with Gasteiger partial charge in [0.1, 0.15) is 18.2 Å². The van der Waals surface area contributed by atoms with Crippen LogP contribution in [-0.4, -0.2) is 77.0 Å². The van der Waals surface area contributed by atoms with Crippen LogP contribution in [0.5, 0.6) is 5.75 Å². The summed E-state index contributed by atoms with van der Waals surface area (Å²) in [4.78, 5) is 39.9. The maximum Gasteiger partial charge on any atom is 0.434 e. The smallest absolute Gasteiger partial charge is 0.434 e. The zero-order valence-corrected chi connectivity index (χ0v) is 20.6. The summed E-state index contributed by atoms with van der Waals surface area (Å²) in [5.41, 5.74) is 0.218. The van der Waals surface area contributed by atoms with E-state index >= 15 is 0 Å². The first-order valence-corrected chi connectivity index (χ1v) is 11.8. The largest absolute Gasteiger partial charge is 0.492 e. The average Bonchev–Trinajstić information content (AvgIpc) is 3.29. The van der Waals surface area contributed by atoms with E-state index in [1.54, 1.807) is 24.3 Å². The van der Waals surface area contributed by atoms with Crippen molar-refractivity contribution >= 4 is 34.4 Å². The van der Waals surface area contributed by atoms with E-state index < -0.39 is 23.2 Å². The van der Waals surface area contributed by atoms with Crippen LogP contribution in [0.1, 0.15) is 36.8 Å². The zero-order chi connectivity index (χ0) is 25.9. The van der Waals surface area contributed by atoms with E-state index in [-0.39, 0.29) is 11.4 Å². The number of nitrogens with one attached hydrogen (secondary N) is 1. The molecule has 0 spiro atoms. The molecule has 0 bridgehead atoms. The minimum absolute atomic E-state index is 0.0850. The standard InChI is InChI=1S/C26H30N4O6/c1-26(2,3)21-16-22(30(28-21)25(33)34)27-24(32)23(31)19-8-9-20(18-7-5-4-6-17(18)19)36-15-12-29-10-13-35-14-11-29/h4-9,16H,10-15H2,1-3H3,(H,27,32)(H,33,34). The number of hydrogen-bond acceptors (Lipinski definition) is 7. The number of amides is 1. The monoisotopic (exact) mass is 494 g/mol. The minimum atomic E-state index is -1.36. The molecule has 1 saturated heterocycles. The highest BCUT2D eigenvalue weighted by Gasteiger charge is 2.26. The molecule has 1 fully saturated rings. The summed E-state index contributed by atoms with van der Waals surface area (Å²) in [7, 11) is 0. The first kappa shape index (κ1) is 25.3. The van der Waals surface area contributed by atoms with Crippen molar-refractivity contribution in [2.75, 3.05) is 44.8 Å². The van der Waals surface area contributed by atoms with Crippen LogP contribution in [0, 0.1) is 0 Å². The number of hydrogen-bond donors (Lipinski definition) is 2. The Morgan fingerprint density at radius 2 is 1.78 bits per heavy atom. The van der Waals surface area contributed by atoms with Gasteiger partial charge in [-0.05, 0) is 17.5 Å². The molecule has 1 aliphatic rings. The number of nitrogens with zero attached hydrogens (tertiary/aromatic N) is 3. The third-order valence-corrected chi connectivity index (χ3v) is 6.00. The number of carbonyl (C=O) groups excluding carboxylic acids is 2. The summed E-state index contributed by atoms with van der Waals surface area (Å²) in [5, 5.41) is 17.2. The van der Waals surface area contributed by atoms with Crippen LogP contribution in [0.15, 0.2) is 42.5 Å². The summed E-state index contributed by atoms with van der Waals surface area (Å²) in [6, 6.07) is 11.9. The van der Waals surface area contributed by atoms with Gasteiger partial charge < -0.3 is 19.9 Å². The summed E-state index contributed by atoms with van der Waals surface area (Å²) >= 11 is 0. The number of aromatic nitrogens is 2. The van der Waals surface area contributed by atoms with Gasteiger partial charge in [-0.2, -0.15) is 5.10 Å². The van der Waals surface area contributed by atoms with Gasteiger partial charge in [-0.1, -0.05) is 45.0 Å². The summed E-state index contributed by atoms with van der Waals surface area (Å²) in [6.07, 6.45) is -1.36. The molecule has 2 N–H and O–H groups in total. The van der Waals surface area contributed by atoms with Gasteiger partial charge in [-0.25, -0.2) is 4.79 Å². The van der Waals surface area contributed by atoms with Gasteiger partial charge in [0.15, 0.2) is 0 Å². The van der Waals surface area contributed by atoms with Gasteiger partial charge in [0, 0.05) is 42.1 Å². The molecule has 10 nitrogen and oxygen atoms in total. The van der Waals surface area contributed by atoms with Crippen LogP contribution in [0.2, 0.25) is 0 Å². The molecule has 3 aromatic rings. The molecule has 0 radical (unpaired) electrons. The lowest BCUT2D eigenvalue weighted by Gasteiger charge is -2.26. The molecule has 1 amide bonds. The van der Waals surface area contributed by atoms with Gasteiger partial charge in [-0.15, -0.1) is 4.68 Å². The van der Waals surface area contributed by atoms with Gasteiger partial charge >= 0.3 is 6.09 Å². The van der Waals surface area contributed by atoms with Crippen molar-refractivity contribution in [3.05, 3.63) is 53.7 Å². The van der Waals surface area contributed by atoms with Crippen molar-refractivity contribution in [1.29, 1.82) is 0 Å². The van der Waals surface area contributed by atoms with Gasteiger partial charge in [0.2, 0.25) is 0 Å². The maximum atomic E-state index is 13.1. The Kier molecular flexibility index (Phi) is 7.37. The Balaban J connectivity index is 1.53. The number of anilines is 1. The molecule has 0 atom stereocenters. The predicted molar refractivity (Wildman–Crippen MR) is 134 cm³/mol. The highest BCUT2D eigenvalue weighted by molar-refractivity contribution is 6.48. The highest BCUT2D eigenvalue weighted by atomic mass is 16.5. The van der Waals surface area contributed by atoms with E-state index in [2.05, 4.69) is 15.3 Å². The Morgan fingerprint density at radius 3 is 2.44 bits per heavy atom. The molecule has 0 saturated carbocycles. The molecule has 1 aliphatic heterocycles. The Labute approximate surface area is 208 Å². The van der Waals surface area contributed by atoms with Crippen molar-refractivity contribution in [1.82, 2.24) is 14.7 Å². The van der Waals surface area contributed by atoms with E-state index in [4.69, 9.17) is 9.47 Å². The molecule has 1 aromatic heterocycles. The fraction of sp³-hybridized carbons (Fsp3) is 0.385. The normalized spacial score (nSPS) is 14.5. The number of ether oxygens (including phenoxy) is 2. The lowest BCUT2D eigenvalue weighted by molar-refractivity contribution is -0.112.